The Hall–Kier alpha value is -2.73. The Morgan fingerprint density at radius 3 is 2.88 bits per heavy atom. The number of nitrogens with zero attached hydrogens (tertiary/aromatic N) is 3. The molecule has 0 unspecified atom stereocenters. The van der Waals surface area contributed by atoms with E-state index >= 15 is 0 Å². The predicted molar refractivity (Wildman–Crippen MR) is 88.6 cm³/mol. The zero-order valence-corrected chi connectivity index (χ0v) is 13.4. The second kappa shape index (κ2) is 6.41. The van der Waals surface area contributed by atoms with Gasteiger partial charge >= 0.3 is 0 Å². The summed E-state index contributed by atoms with van der Waals surface area (Å²) in [7, 11) is 1.59. The van der Waals surface area contributed by atoms with E-state index < -0.39 is 0 Å². The van der Waals surface area contributed by atoms with Gasteiger partial charge in [-0.15, -0.1) is 0 Å². The monoisotopic (exact) mass is 322 g/mol. The average Bonchev–Trinajstić information content (AvgIpc) is 3.10. The van der Waals surface area contributed by atoms with Crippen LogP contribution in [0.4, 0.5) is 0 Å². The maximum Gasteiger partial charge on any atom is 0.228 e. The summed E-state index contributed by atoms with van der Waals surface area (Å²) in [6.45, 7) is 0.879. The molecule has 0 saturated heterocycles. The van der Waals surface area contributed by atoms with Gasteiger partial charge in [0.25, 0.3) is 0 Å². The molecule has 6 nitrogen and oxygen atoms in total. The molecule has 0 aliphatic carbocycles. The minimum atomic E-state index is 0.308. The molecule has 0 spiro atoms. The van der Waals surface area contributed by atoms with Gasteiger partial charge in [-0.2, -0.15) is 4.98 Å². The van der Waals surface area contributed by atoms with E-state index in [1.165, 1.54) is 11.1 Å². The van der Waals surface area contributed by atoms with Gasteiger partial charge in [0.15, 0.2) is 0 Å². The Balaban J connectivity index is 1.46. The summed E-state index contributed by atoms with van der Waals surface area (Å²) < 4.78 is 10.5. The van der Waals surface area contributed by atoms with E-state index in [4.69, 9.17) is 9.26 Å². The molecule has 122 valence electrons. The zero-order valence-electron chi connectivity index (χ0n) is 13.4. The number of nitrogens with one attached hydrogen (secondary N) is 1. The van der Waals surface area contributed by atoms with Crippen molar-refractivity contribution in [3.63, 3.8) is 0 Å². The van der Waals surface area contributed by atoms with E-state index in [1.54, 1.807) is 19.4 Å². The highest BCUT2D eigenvalue weighted by atomic mass is 16.5. The van der Waals surface area contributed by atoms with Crippen molar-refractivity contribution in [1.82, 2.24) is 20.4 Å². The smallest absolute Gasteiger partial charge is 0.228 e. The first-order valence-electron chi connectivity index (χ1n) is 7.95. The molecule has 1 aliphatic heterocycles. The maximum absolute atomic E-state index is 5.41. The molecule has 2 aromatic heterocycles. The Labute approximate surface area is 139 Å². The van der Waals surface area contributed by atoms with Crippen molar-refractivity contribution in [2.24, 2.45) is 0 Å². The Bertz CT molecular complexity index is 829. The largest absolute Gasteiger partial charge is 0.481 e. The highest BCUT2D eigenvalue weighted by Gasteiger charge is 2.20. The number of hydrogen-bond acceptors (Lipinski definition) is 6. The second-order valence-electron chi connectivity index (χ2n) is 5.86. The summed E-state index contributed by atoms with van der Waals surface area (Å²) in [5, 5.41) is 7.59. The molecule has 0 bridgehead atoms. The number of ether oxygens (including phenoxy) is 1. The molecular formula is C18H18N4O2. The lowest BCUT2D eigenvalue weighted by molar-refractivity contribution is 0.351. The van der Waals surface area contributed by atoms with Gasteiger partial charge < -0.3 is 14.6 Å². The standard InChI is InChI=1S/C18H18N4O2/c1-23-16-7-6-14(11-20-16)18-21-17(24-22-18)9-15-8-12-4-2-3-5-13(12)10-19-15/h2-7,11,15,19H,8-10H2,1H3/t15-/m0/s1. The summed E-state index contributed by atoms with van der Waals surface area (Å²) in [6, 6.07) is 12.5. The first kappa shape index (κ1) is 14.8. The SMILES string of the molecule is COc1ccc(-c2noc(C[C@@H]3Cc4ccccc4CN3)n2)cn1. The van der Waals surface area contributed by atoms with Crippen molar-refractivity contribution in [1.29, 1.82) is 0 Å². The predicted octanol–water partition coefficient (Wildman–Crippen LogP) is 2.40. The van der Waals surface area contributed by atoms with Gasteiger partial charge in [-0.25, -0.2) is 4.98 Å². The molecule has 3 aromatic rings. The number of pyridine rings is 1. The molecule has 4 rings (SSSR count). The molecule has 1 aromatic carbocycles. The lowest BCUT2D eigenvalue weighted by Gasteiger charge is -2.24. The van der Waals surface area contributed by atoms with E-state index in [-0.39, 0.29) is 0 Å². The number of rotatable bonds is 4. The van der Waals surface area contributed by atoms with Crippen molar-refractivity contribution in [3.8, 4) is 17.3 Å². The van der Waals surface area contributed by atoms with Crippen LogP contribution in [0, 0.1) is 0 Å². The minimum Gasteiger partial charge on any atom is -0.481 e. The van der Waals surface area contributed by atoms with Crippen LogP contribution >= 0.6 is 0 Å². The lowest BCUT2D eigenvalue weighted by atomic mass is 9.94. The fraction of sp³-hybridized carbons (Fsp3) is 0.278. The highest BCUT2D eigenvalue weighted by molar-refractivity contribution is 5.53. The molecule has 1 N–H and O–H groups in total. The zero-order chi connectivity index (χ0) is 16.4. The molecule has 0 saturated carbocycles. The van der Waals surface area contributed by atoms with E-state index in [9.17, 15) is 0 Å². The number of methoxy groups -OCH3 is 1. The summed E-state index contributed by atoms with van der Waals surface area (Å²) in [4.78, 5) is 8.65. The van der Waals surface area contributed by atoms with Crippen LogP contribution in [0.3, 0.4) is 0 Å². The maximum atomic E-state index is 5.41. The third kappa shape index (κ3) is 3.00. The molecule has 0 fully saturated rings. The van der Waals surface area contributed by atoms with Crippen molar-refractivity contribution in [2.75, 3.05) is 7.11 Å². The highest BCUT2D eigenvalue weighted by Crippen LogP contribution is 2.20. The molecule has 1 atom stereocenters. The summed E-state index contributed by atoms with van der Waals surface area (Å²) in [5.41, 5.74) is 3.57. The number of aromatic nitrogens is 3. The quantitative estimate of drug-likeness (QED) is 0.795. The van der Waals surface area contributed by atoms with Crippen LogP contribution in [0.5, 0.6) is 5.88 Å². The second-order valence-corrected chi connectivity index (χ2v) is 5.86. The van der Waals surface area contributed by atoms with Gasteiger partial charge in [0, 0.05) is 36.8 Å². The molecule has 24 heavy (non-hydrogen) atoms. The molecule has 3 heterocycles. The fourth-order valence-corrected chi connectivity index (χ4v) is 2.96. The van der Waals surface area contributed by atoms with E-state index in [2.05, 4.69) is 44.7 Å². The molecule has 0 radical (unpaired) electrons. The van der Waals surface area contributed by atoms with Crippen LogP contribution in [-0.2, 0) is 19.4 Å². The first-order chi connectivity index (χ1) is 11.8. The van der Waals surface area contributed by atoms with Crippen LogP contribution < -0.4 is 10.1 Å². The van der Waals surface area contributed by atoms with Crippen LogP contribution in [0.2, 0.25) is 0 Å². The van der Waals surface area contributed by atoms with Gasteiger partial charge in [0.2, 0.25) is 17.6 Å². The summed E-state index contributed by atoms with van der Waals surface area (Å²) in [5.74, 6) is 1.75. The fourth-order valence-electron chi connectivity index (χ4n) is 2.96. The van der Waals surface area contributed by atoms with E-state index in [0.717, 1.165) is 18.5 Å². The Kier molecular flexibility index (Phi) is 3.96. The number of fused-ring (bicyclic) bond motifs is 1. The van der Waals surface area contributed by atoms with Crippen molar-refractivity contribution >= 4 is 0 Å². The third-order valence-corrected chi connectivity index (χ3v) is 4.26. The Morgan fingerprint density at radius 2 is 2.08 bits per heavy atom. The third-order valence-electron chi connectivity index (χ3n) is 4.26. The first-order valence-corrected chi connectivity index (χ1v) is 7.95. The summed E-state index contributed by atoms with van der Waals surface area (Å²) >= 11 is 0. The van der Waals surface area contributed by atoms with Crippen LogP contribution in [-0.4, -0.2) is 28.3 Å². The van der Waals surface area contributed by atoms with E-state index in [1.807, 2.05) is 6.07 Å². The van der Waals surface area contributed by atoms with Gasteiger partial charge in [-0.3, -0.25) is 0 Å². The number of benzene rings is 1. The van der Waals surface area contributed by atoms with Crippen LogP contribution in [0.25, 0.3) is 11.4 Å². The summed E-state index contributed by atoms with van der Waals surface area (Å²) in [6.07, 6.45) is 3.37. The van der Waals surface area contributed by atoms with Gasteiger partial charge in [0.1, 0.15) is 0 Å². The topological polar surface area (TPSA) is 73.1 Å². The molecule has 6 heteroatoms. The van der Waals surface area contributed by atoms with Crippen LogP contribution in [0.1, 0.15) is 17.0 Å². The normalized spacial score (nSPS) is 16.6. The lowest BCUT2D eigenvalue weighted by Crippen LogP contribution is -2.37. The molecule has 1 aliphatic rings. The average molecular weight is 322 g/mol. The van der Waals surface area contributed by atoms with Gasteiger partial charge in [0.05, 0.1) is 7.11 Å². The number of hydrogen-bond donors (Lipinski definition) is 1. The van der Waals surface area contributed by atoms with Crippen molar-refractivity contribution in [2.45, 2.75) is 25.4 Å². The van der Waals surface area contributed by atoms with Crippen LogP contribution in [0.15, 0.2) is 47.1 Å². The molecule has 0 amide bonds. The van der Waals surface area contributed by atoms with Crippen molar-refractivity contribution < 1.29 is 9.26 Å². The Morgan fingerprint density at radius 1 is 1.21 bits per heavy atom. The van der Waals surface area contributed by atoms with Gasteiger partial charge in [-0.1, -0.05) is 29.4 Å². The van der Waals surface area contributed by atoms with Gasteiger partial charge in [-0.05, 0) is 23.6 Å². The molecular weight excluding hydrogens is 304 g/mol. The van der Waals surface area contributed by atoms with Crippen molar-refractivity contribution in [3.05, 3.63) is 59.6 Å². The van der Waals surface area contributed by atoms with E-state index in [0.29, 0.717) is 30.1 Å². The minimum absolute atomic E-state index is 0.308.